The summed E-state index contributed by atoms with van der Waals surface area (Å²) in [5.74, 6) is 0.640. The number of Topliss-reactive ketones (excluding diaryl/α,β-unsaturated/α-hetero) is 1. The Morgan fingerprint density at radius 1 is 1.50 bits per heavy atom. The van der Waals surface area contributed by atoms with Crippen LogP contribution in [0.4, 0.5) is 0 Å². The van der Waals surface area contributed by atoms with E-state index in [0.717, 1.165) is 5.56 Å². The van der Waals surface area contributed by atoms with Gasteiger partial charge < -0.3 is 4.74 Å². The first kappa shape index (κ1) is 11.3. The first-order valence-corrected chi connectivity index (χ1v) is 4.98. The average molecular weight is 233 g/mol. The van der Waals surface area contributed by atoms with E-state index in [4.69, 9.17) is 27.9 Å². The second-order valence-electron chi connectivity index (χ2n) is 2.81. The lowest BCUT2D eigenvalue weighted by Gasteiger charge is -2.05. The standard InChI is InChI=1S/C10H10Cl2O2/c1-14-9-2-3-10(12)7(5-9)4-8(13)6-11/h2-3,5H,4,6H2,1H3. The molecule has 0 saturated heterocycles. The summed E-state index contributed by atoms with van der Waals surface area (Å²) < 4.78 is 5.02. The molecule has 0 unspecified atom stereocenters. The van der Waals surface area contributed by atoms with Gasteiger partial charge in [0.1, 0.15) is 5.75 Å². The molecule has 0 aliphatic rings. The molecule has 0 saturated carbocycles. The summed E-state index contributed by atoms with van der Waals surface area (Å²) in [5, 5.41) is 0.560. The number of hydrogen-bond acceptors (Lipinski definition) is 2. The normalized spacial score (nSPS) is 9.93. The summed E-state index contributed by atoms with van der Waals surface area (Å²) >= 11 is 11.3. The van der Waals surface area contributed by atoms with Gasteiger partial charge in [0, 0.05) is 11.4 Å². The number of methoxy groups -OCH3 is 1. The highest BCUT2D eigenvalue weighted by atomic mass is 35.5. The van der Waals surface area contributed by atoms with Crippen LogP contribution < -0.4 is 4.74 Å². The van der Waals surface area contributed by atoms with E-state index in [1.54, 1.807) is 25.3 Å². The van der Waals surface area contributed by atoms with Crippen LogP contribution in [0.15, 0.2) is 18.2 Å². The highest BCUT2D eigenvalue weighted by molar-refractivity contribution is 6.32. The Morgan fingerprint density at radius 3 is 2.79 bits per heavy atom. The van der Waals surface area contributed by atoms with Crippen molar-refractivity contribution in [2.75, 3.05) is 13.0 Å². The zero-order valence-corrected chi connectivity index (χ0v) is 9.23. The van der Waals surface area contributed by atoms with Gasteiger partial charge in [-0.1, -0.05) is 11.6 Å². The van der Waals surface area contributed by atoms with Gasteiger partial charge in [0.2, 0.25) is 0 Å². The molecule has 1 aromatic carbocycles. The van der Waals surface area contributed by atoms with Gasteiger partial charge in [-0.2, -0.15) is 0 Å². The second kappa shape index (κ2) is 5.23. The lowest BCUT2D eigenvalue weighted by Crippen LogP contribution is -2.04. The van der Waals surface area contributed by atoms with E-state index in [2.05, 4.69) is 0 Å². The molecule has 0 spiro atoms. The van der Waals surface area contributed by atoms with Crippen molar-refractivity contribution >= 4 is 29.0 Å². The van der Waals surface area contributed by atoms with Crippen LogP contribution in [-0.4, -0.2) is 18.8 Å². The maximum absolute atomic E-state index is 11.1. The van der Waals surface area contributed by atoms with Crippen LogP contribution in [0.1, 0.15) is 5.56 Å². The summed E-state index contributed by atoms with van der Waals surface area (Å²) in [4.78, 5) is 11.1. The topological polar surface area (TPSA) is 26.3 Å². The first-order chi connectivity index (χ1) is 6.67. The Balaban J connectivity index is 2.89. The maximum atomic E-state index is 11.1. The zero-order chi connectivity index (χ0) is 10.6. The Bertz CT molecular complexity index is 337. The van der Waals surface area contributed by atoms with Crippen LogP contribution in [0.2, 0.25) is 5.02 Å². The SMILES string of the molecule is COc1ccc(Cl)c(CC(=O)CCl)c1. The molecule has 0 aromatic heterocycles. The molecular formula is C10H10Cl2O2. The monoisotopic (exact) mass is 232 g/mol. The van der Waals surface area contributed by atoms with E-state index < -0.39 is 0 Å². The Hall–Kier alpha value is -0.730. The lowest BCUT2D eigenvalue weighted by atomic mass is 10.1. The van der Waals surface area contributed by atoms with Gasteiger partial charge in [0.15, 0.2) is 5.78 Å². The predicted octanol–water partition coefficient (Wildman–Crippen LogP) is 2.70. The third-order valence-corrected chi connectivity index (χ3v) is 2.46. The fourth-order valence-corrected chi connectivity index (χ4v) is 1.35. The number of rotatable bonds is 4. The minimum atomic E-state index is -0.0539. The van der Waals surface area contributed by atoms with Gasteiger partial charge in [0.05, 0.1) is 13.0 Å². The molecule has 0 atom stereocenters. The molecule has 1 rings (SSSR count). The molecule has 2 nitrogen and oxygen atoms in total. The van der Waals surface area contributed by atoms with Crippen LogP contribution in [0.25, 0.3) is 0 Å². The van der Waals surface area contributed by atoms with Crippen LogP contribution in [-0.2, 0) is 11.2 Å². The van der Waals surface area contributed by atoms with Gasteiger partial charge >= 0.3 is 0 Å². The van der Waals surface area contributed by atoms with Crippen molar-refractivity contribution in [1.82, 2.24) is 0 Å². The van der Waals surface area contributed by atoms with E-state index in [1.807, 2.05) is 0 Å². The molecule has 0 fully saturated rings. The number of carbonyl (C=O) groups is 1. The van der Waals surface area contributed by atoms with Crippen molar-refractivity contribution in [2.24, 2.45) is 0 Å². The number of hydrogen-bond donors (Lipinski definition) is 0. The fraction of sp³-hybridized carbons (Fsp3) is 0.300. The Morgan fingerprint density at radius 2 is 2.21 bits per heavy atom. The average Bonchev–Trinajstić information content (AvgIpc) is 2.21. The van der Waals surface area contributed by atoms with E-state index in [9.17, 15) is 4.79 Å². The zero-order valence-electron chi connectivity index (χ0n) is 7.72. The number of alkyl halides is 1. The number of ether oxygens (including phenoxy) is 1. The summed E-state index contributed by atoms with van der Waals surface area (Å²) in [5.41, 5.74) is 0.747. The summed E-state index contributed by atoms with van der Waals surface area (Å²) in [7, 11) is 1.57. The number of benzene rings is 1. The van der Waals surface area contributed by atoms with Crippen LogP contribution in [0, 0.1) is 0 Å². The molecule has 0 amide bonds. The van der Waals surface area contributed by atoms with Crippen molar-refractivity contribution in [2.45, 2.75) is 6.42 Å². The van der Waals surface area contributed by atoms with Crippen molar-refractivity contribution in [3.8, 4) is 5.75 Å². The minimum Gasteiger partial charge on any atom is -0.497 e. The van der Waals surface area contributed by atoms with Gasteiger partial charge in [-0.15, -0.1) is 11.6 Å². The molecular weight excluding hydrogens is 223 g/mol. The summed E-state index contributed by atoms with van der Waals surface area (Å²) in [6.07, 6.45) is 0.250. The number of halogens is 2. The highest BCUT2D eigenvalue weighted by Crippen LogP contribution is 2.22. The molecule has 14 heavy (non-hydrogen) atoms. The molecule has 0 bridgehead atoms. The third kappa shape index (κ3) is 2.89. The largest absolute Gasteiger partial charge is 0.497 e. The van der Waals surface area contributed by atoms with Crippen molar-refractivity contribution in [1.29, 1.82) is 0 Å². The molecule has 0 aliphatic carbocycles. The molecule has 0 heterocycles. The number of carbonyl (C=O) groups excluding carboxylic acids is 1. The summed E-state index contributed by atoms with van der Waals surface area (Å²) in [6, 6.07) is 5.20. The smallest absolute Gasteiger partial charge is 0.152 e. The lowest BCUT2D eigenvalue weighted by molar-refractivity contribution is -0.116. The van der Waals surface area contributed by atoms with Crippen LogP contribution >= 0.6 is 23.2 Å². The van der Waals surface area contributed by atoms with Crippen LogP contribution in [0.5, 0.6) is 5.75 Å². The Kier molecular flexibility index (Phi) is 4.23. The van der Waals surface area contributed by atoms with Crippen molar-refractivity contribution < 1.29 is 9.53 Å². The van der Waals surface area contributed by atoms with Gasteiger partial charge in [0.25, 0.3) is 0 Å². The fourth-order valence-electron chi connectivity index (χ4n) is 1.07. The van der Waals surface area contributed by atoms with E-state index in [1.165, 1.54) is 0 Å². The molecule has 0 aliphatic heterocycles. The predicted molar refractivity (Wildman–Crippen MR) is 57.4 cm³/mol. The maximum Gasteiger partial charge on any atom is 0.152 e. The van der Waals surface area contributed by atoms with Crippen molar-refractivity contribution in [3.05, 3.63) is 28.8 Å². The van der Waals surface area contributed by atoms with E-state index in [0.29, 0.717) is 10.8 Å². The van der Waals surface area contributed by atoms with E-state index in [-0.39, 0.29) is 18.1 Å². The summed E-state index contributed by atoms with van der Waals surface area (Å²) in [6.45, 7) is 0. The highest BCUT2D eigenvalue weighted by Gasteiger charge is 2.07. The molecule has 4 heteroatoms. The molecule has 0 radical (unpaired) electrons. The number of ketones is 1. The Labute approximate surface area is 92.8 Å². The second-order valence-corrected chi connectivity index (χ2v) is 3.48. The van der Waals surface area contributed by atoms with Gasteiger partial charge in [-0.3, -0.25) is 4.79 Å². The first-order valence-electron chi connectivity index (χ1n) is 4.07. The van der Waals surface area contributed by atoms with Gasteiger partial charge in [-0.05, 0) is 23.8 Å². The van der Waals surface area contributed by atoms with E-state index >= 15 is 0 Å². The van der Waals surface area contributed by atoms with Crippen LogP contribution in [0.3, 0.4) is 0 Å². The molecule has 76 valence electrons. The molecule has 0 N–H and O–H groups in total. The van der Waals surface area contributed by atoms with Crippen molar-refractivity contribution in [3.63, 3.8) is 0 Å². The third-order valence-electron chi connectivity index (χ3n) is 1.79. The minimum absolute atomic E-state index is 0.00748. The quantitative estimate of drug-likeness (QED) is 0.747. The van der Waals surface area contributed by atoms with Gasteiger partial charge in [-0.25, -0.2) is 0 Å². The molecule has 1 aromatic rings.